The molecule has 4 rings (SSSR count). The molecule has 114 valence electrons. The van der Waals surface area contributed by atoms with E-state index in [9.17, 15) is 0 Å². The Kier molecular flexibility index (Phi) is 3.35. The highest BCUT2D eigenvalue weighted by Crippen LogP contribution is 2.41. The Balaban J connectivity index is 1.49. The van der Waals surface area contributed by atoms with Crippen molar-refractivity contribution in [2.24, 2.45) is 5.92 Å². The molecule has 2 atom stereocenters. The first-order chi connectivity index (χ1) is 10.1. The van der Waals surface area contributed by atoms with E-state index in [-0.39, 0.29) is 0 Å². The van der Waals surface area contributed by atoms with Gasteiger partial charge in [0.05, 0.1) is 0 Å². The van der Waals surface area contributed by atoms with Crippen molar-refractivity contribution in [1.29, 1.82) is 0 Å². The Morgan fingerprint density at radius 1 is 1.24 bits per heavy atom. The third-order valence-corrected chi connectivity index (χ3v) is 5.98. The standard InChI is InChI=1S/C19H28N2/c1-14-11-20-19(2,18-8-9-18)13-21(14)12-15-6-7-16-4-3-5-17(16)10-15/h6-7,10,14,18,20H,3-5,8-9,11-13H2,1-2H3. The van der Waals surface area contributed by atoms with Crippen molar-refractivity contribution in [1.82, 2.24) is 10.2 Å². The van der Waals surface area contributed by atoms with Gasteiger partial charge in [-0.05, 0) is 68.6 Å². The van der Waals surface area contributed by atoms with Crippen LogP contribution in [0.1, 0.15) is 49.8 Å². The smallest absolute Gasteiger partial charge is 0.0309 e. The molecule has 0 aromatic heterocycles. The molecule has 2 fully saturated rings. The summed E-state index contributed by atoms with van der Waals surface area (Å²) >= 11 is 0. The number of fused-ring (bicyclic) bond motifs is 1. The lowest BCUT2D eigenvalue weighted by Gasteiger charge is -2.45. The van der Waals surface area contributed by atoms with Gasteiger partial charge < -0.3 is 5.32 Å². The summed E-state index contributed by atoms with van der Waals surface area (Å²) in [6.45, 7) is 8.27. The summed E-state index contributed by atoms with van der Waals surface area (Å²) in [7, 11) is 0. The number of aryl methyl sites for hydroxylation is 2. The summed E-state index contributed by atoms with van der Waals surface area (Å²) in [6, 6.07) is 7.87. The van der Waals surface area contributed by atoms with Crippen molar-refractivity contribution in [3.8, 4) is 0 Å². The first-order valence-electron chi connectivity index (χ1n) is 8.74. The normalized spacial score (nSPS) is 33.1. The summed E-state index contributed by atoms with van der Waals surface area (Å²) in [5.74, 6) is 0.910. The average Bonchev–Trinajstić information content (AvgIpc) is 3.23. The van der Waals surface area contributed by atoms with Crippen molar-refractivity contribution >= 4 is 0 Å². The number of hydrogen-bond acceptors (Lipinski definition) is 2. The number of rotatable bonds is 3. The summed E-state index contributed by atoms with van der Waals surface area (Å²) in [4.78, 5) is 2.70. The summed E-state index contributed by atoms with van der Waals surface area (Å²) < 4.78 is 0. The molecule has 1 aromatic rings. The molecular weight excluding hydrogens is 256 g/mol. The number of piperazine rings is 1. The summed E-state index contributed by atoms with van der Waals surface area (Å²) in [5.41, 5.74) is 5.07. The Hall–Kier alpha value is -0.860. The van der Waals surface area contributed by atoms with Crippen LogP contribution < -0.4 is 5.32 Å². The van der Waals surface area contributed by atoms with Crippen LogP contribution in [0.5, 0.6) is 0 Å². The van der Waals surface area contributed by atoms with Gasteiger partial charge >= 0.3 is 0 Å². The van der Waals surface area contributed by atoms with E-state index in [2.05, 4.69) is 42.3 Å². The zero-order chi connectivity index (χ0) is 14.4. The Morgan fingerprint density at radius 2 is 2.05 bits per heavy atom. The van der Waals surface area contributed by atoms with Crippen molar-refractivity contribution in [2.75, 3.05) is 13.1 Å². The molecule has 2 unspecified atom stereocenters. The second-order valence-electron chi connectivity index (χ2n) is 7.78. The molecule has 0 radical (unpaired) electrons. The SMILES string of the molecule is CC1CNC(C)(C2CC2)CN1Cc1ccc2c(c1)CCC2. The number of nitrogens with one attached hydrogen (secondary N) is 1. The van der Waals surface area contributed by atoms with E-state index in [1.807, 2.05) is 0 Å². The molecule has 1 saturated heterocycles. The molecule has 21 heavy (non-hydrogen) atoms. The monoisotopic (exact) mass is 284 g/mol. The van der Waals surface area contributed by atoms with E-state index in [1.165, 1.54) is 44.2 Å². The van der Waals surface area contributed by atoms with Crippen LogP contribution in [0.15, 0.2) is 18.2 Å². The summed E-state index contributed by atoms with van der Waals surface area (Å²) in [5, 5.41) is 3.82. The fraction of sp³-hybridized carbons (Fsp3) is 0.684. The predicted molar refractivity (Wildman–Crippen MR) is 87.5 cm³/mol. The number of hydrogen-bond donors (Lipinski definition) is 1. The molecule has 1 saturated carbocycles. The van der Waals surface area contributed by atoms with Gasteiger partial charge in [0.2, 0.25) is 0 Å². The number of nitrogens with zero attached hydrogens (tertiary/aromatic N) is 1. The third kappa shape index (κ3) is 2.64. The topological polar surface area (TPSA) is 15.3 Å². The van der Waals surface area contributed by atoms with Gasteiger partial charge in [-0.1, -0.05) is 18.2 Å². The molecular formula is C19H28N2. The molecule has 0 bridgehead atoms. The Bertz CT molecular complexity index is 534. The highest BCUT2D eigenvalue weighted by molar-refractivity contribution is 5.35. The molecule has 3 aliphatic rings. The van der Waals surface area contributed by atoms with Crippen LogP contribution >= 0.6 is 0 Å². The van der Waals surface area contributed by atoms with Gasteiger partial charge in [0, 0.05) is 31.2 Å². The third-order valence-electron chi connectivity index (χ3n) is 5.98. The van der Waals surface area contributed by atoms with E-state index in [0.29, 0.717) is 11.6 Å². The second kappa shape index (κ2) is 5.10. The summed E-state index contributed by atoms with van der Waals surface area (Å²) in [6.07, 6.45) is 6.77. The van der Waals surface area contributed by atoms with E-state index in [4.69, 9.17) is 0 Å². The van der Waals surface area contributed by atoms with E-state index >= 15 is 0 Å². The van der Waals surface area contributed by atoms with E-state index < -0.39 is 0 Å². The minimum absolute atomic E-state index is 0.350. The van der Waals surface area contributed by atoms with Crippen LogP contribution in [0.4, 0.5) is 0 Å². The average molecular weight is 284 g/mol. The minimum atomic E-state index is 0.350. The highest BCUT2D eigenvalue weighted by Gasteiger charge is 2.45. The van der Waals surface area contributed by atoms with Gasteiger partial charge in [0.15, 0.2) is 0 Å². The zero-order valence-electron chi connectivity index (χ0n) is 13.5. The lowest BCUT2D eigenvalue weighted by atomic mass is 9.91. The minimum Gasteiger partial charge on any atom is -0.308 e. The lowest BCUT2D eigenvalue weighted by molar-refractivity contribution is 0.0770. The van der Waals surface area contributed by atoms with Crippen LogP contribution in [-0.2, 0) is 19.4 Å². The molecule has 2 nitrogen and oxygen atoms in total. The van der Waals surface area contributed by atoms with Gasteiger partial charge in [-0.3, -0.25) is 4.90 Å². The molecule has 1 N–H and O–H groups in total. The van der Waals surface area contributed by atoms with E-state index in [1.54, 1.807) is 11.1 Å². The van der Waals surface area contributed by atoms with Gasteiger partial charge in [0.1, 0.15) is 0 Å². The fourth-order valence-corrected chi connectivity index (χ4v) is 4.31. The van der Waals surface area contributed by atoms with Crippen LogP contribution in [-0.4, -0.2) is 29.6 Å². The maximum absolute atomic E-state index is 3.82. The van der Waals surface area contributed by atoms with Crippen LogP contribution in [0.2, 0.25) is 0 Å². The van der Waals surface area contributed by atoms with Crippen molar-refractivity contribution in [3.05, 3.63) is 34.9 Å². The molecule has 2 aliphatic carbocycles. The van der Waals surface area contributed by atoms with Crippen LogP contribution in [0.3, 0.4) is 0 Å². The van der Waals surface area contributed by atoms with Crippen LogP contribution in [0.25, 0.3) is 0 Å². The Morgan fingerprint density at radius 3 is 2.86 bits per heavy atom. The van der Waals surface area contributed by atoms with Gasteiger partial charge in [-0.15, -0.1) is 0 Å². The zero-order valence-corrected chi connectivity index (χ0v) is 13.5. The van der Waals surface area contributed by atoms with Gasteiger partial charge in [0.25, 0.3) is 0 Å². The molecule has 1 heterocycles. The Labute approximate surface area is 128 Å². The maximum Gasteiger partial charge on any atom is 0.0309 e. The maximum atomic E-state index is 3.82. The first kappa shape index (κ1) is 13.8. The molecule has 0 amide bonds. The predicted octanol–water partition coefficient (Wildman–Crippen LogP) is 3.14. The van der Waals surface area contributed by atoms with Gasteiger partial charge in [-0.2, -0.15) is 0 Å². The highest BCUT2D eigenvalue weighted by atomic mass is 15.3. The van der Waals surface area contributed by atoms with Crippen molar-refractivity contribution in [3.63, 3.8) is 0 Å². The largest absolute Gasteiger partial charge is 0.308 e. The number of benzene rings is 1. The quantitative estimate of drug-likeness (QED) is 0.917. The molecule has 1 aromatic carbocycles. The van der Waals surface area contributed by atoms with Crippen LogP contribution in [0, 0.1) is 5.92 Å². The molecule has 1 aliphatic heterocycles. The van der Waals surface area contributed by atoms with Crippen molar-refractivity contribution < 1.29 is 0 Å². The lowest BCUT2D eigenvalue weighted by Crippen LogP contribution is -2.62. The molecule has 2 heteroatoms. The molecule has 0 spiro atoms. The second-order valence-corrected chi connectivity index (χ2v) is 7.78. The first-order valence-corrected chi connectivity index (χ1v) is 8.74. The van der Waals surface area contributed by atoms with Crippen molar-refractivity contribution in [2.45, 2.75) is 64.1 Å². The van der Waals surface area contributed by atoms with E-state index in [0.717, 1.165) is 19.0 Å². The fourth-order valence-electron chi connectivity index (χ4n) is 4.31. The van der Waals surface area contributed by atoms with Gasteiger partial charge in [-0.25, -0.2) is 0 Å².